The summed E-state index contributed by atoms with van der Waals surface area (Å²) in [4.78, 5) is 11.5. The molecule has 0 aromatic heterocycles. The van der Waals surface area contributed by atoms with Crippen molar-refractivity contribution < 1.29 is 19.0 Å². The van der Waals surface area contributed by atoms with Gasteiger partial charge in [0.15, 0.2) is 0 Å². The van der Waals surface area contributed by atoms with E-state index in [-0.39, 0.29) is 5.97 Å². The lowest BCUT2D eigenvalue weighted by Gasteiger charge is -2.09. The molecule has 0 fully saturated rings. The number of ether oxygens (including phenoxy) is 3. The van der Waals surface area contributed by atoms with Gasteiger partial charge in [-0.05, 0) is 37.0 Å². The Balaban J connectivity index is 1.97. The largest absolute Gasteiger partial charge is 0.491 e. The van der Waals surface area contributed by atoms with Crippen LogP contribution in [0.5, 0.6) is 5.75 Å². The zero-order chi connectivity index (χ0) is 21.0. The maximum absolute atomic E-state index is 11.5. The van der Waals surface area contributed by atoms with Gasteiger partial charge in [-0.3, -0.25) is 4.79 Å². The summed E-state index contributed by atoms with van der Waals surface area (Å²) in [7, 11) is 0. The average molecular weight is 407 g/mol. The van der Waals surface area contributed by atoms with Crippen molar-refractivity contribution in [2.24, 2.45) is 0 Å². The SMILES string of the molecule is CCCCCCCCc1ccc(OCCOCCOC(=O)CCCCCC)cc1. The number of esters is 1. The van der Waals surface area contributed by atoms with Gasteiger partial charge in [0.05, 0.1) is 13.2 Å². The predicted octanol–water partition coefficient (Wildman–Crippen LogP) is 6.50. The number of hydrogen-bond donors (Lipinski definition) is 0. The van der Waals surface area contributed by atoms with E-state index in [0.717, 1.165) is 25.0 Å². The lowest BCUT2D eigenvalue weighted by atomic mass is 10.0. The van der Waals surface area contributed by atoms with Crippen LogP contribution < -0.4 is 4.74 Å². The first kappa shape index (κ1) is 25.5. The van der Waals surface area contributed by atoms with Gasteiger partial charge in [-0.1, -0.05) is 77.3 Å². The number of carbonyl (C=O) groups is 1. The van der Waals surface area contributed by atoms with Gasteiger partial charge in [0.1, 0.15) is 19.0 Å². The minimum Gasteiger partial charge on any atom is -0.491 e. The second kappa shape index (κ2) is 18.5. The molecule has 0 spiro atoms. The number of aryl methyl sites for hydroxylation is 1. The fraction of sp³-hybridized carbons (Fsp3) is 0.720. The van der Waals surface area contributed by atoms with Crippen molar-refractivity contribution >= 4 is 5.97 Å². The van der Waals surface area contributed by atoms with Crippen LogP contribution in [0, 0.1) is 0 Å². The highest BCUT2D eigenvalue weighted by molar-refractivity contribution is 5.69. The maximum Gasteiger partial charge on any atom is 0.305 e. The van der Waals surface area contributed by atoms with Crippen molar-refractivity contribution in [2.75, 3.05) is 26.4 Å². The van der Waals surface area contributed by atoms with Crippen LogP contribution in [0.1, 0.15) is 90.0 Å². The standard InChI is InChI=1S/C25H42O4/c1-3-5-7-9-10-11-13-23-15-17-24(18-16-23)28-21-19-27-20-22-29-25(26)14-12-8-6-4-2/h15-18H,3-14,19-22H2,1-2H3. The van der Waals surface area contributed by atoms with Gasteiger partial charge in [0.2, 0.25) is 0 Å². The summed E-state index contributed by atoms with van der Waals surface area (Å²) < 4.78 is 16.3. The molecule has 0 unspecified atom stereocenters. The number of hydrogen-bond acceptors (Lipinski definition) is 4. The first-order valence-corrected chi connectivity index (χ1v) is 11.7. The van der Waals surface area contributed by atoms with Crippen LogP contribution in [-0.2, 0) is 20.7 Å². The first-order valence-electron chi connectivity index (χ1n) is 11.7. The molecule has 0 N–H and O–H groups in total. The lowest BCUT2D eigenvalue weighted by Crippen LogP contribution is -2.13. The van der Waals surface area contributed by atoms with Crippen LogP contribution in [0.15, 0.2) is 24.3 Å². The Morgan fingerprint density at radius 3 is 2.07 bits per heavy atom. The van der Waals surface area contributed by atoms with Crippen LogP contribution in [0.2, 0.25) is 0 Å². The highest BCUT2D eigenvalue weighted by Gasteiger charge is 2.02. The van der Waals surface area contributed by atoms with E-state index in [1.807, 2.05) is 12.1 Å². The molecule has 0 aliphatic carbocycles. The van der Waals surface area contributed by atoms with Crippen LogP contribution in [0.25, 0.3) is 0 Å². The number of rotatable bonds is 19. The monoisotopic (exact) mass is 406 g/mol. The number of carbonyl (C=O) groups excluding carboxylic acids is 1. The van der Waals surface area contributed by atoms with Crippen LogP contribution in [0.4, 0.5) is 0 Å². The van der Waals surface area contributed by atoms with Gasteiger partial charge in [-0.2, -0.15) is 0 Å². The van der Waals surface area contributed by atoms with Crippen LogP contribution in [-0.4, -0.2) is 32.4 Å². The molecule has 29 heavy (non-hydrogen) atoms. The van der Waals surface area contributed by atoms with Gasteiger partial charge >= 0.3 is 5.97 Å². The van der Waals surface area contributed by atoms with Gasteiger partial charge < -0.3 is 14.2 Å². The predicted molar refractivity (Wildman–Crippen MR) is 120 cm³/mol. The Morgan fingerprint density at radius 1 is 0.724 bits per heavy atom. The second-order valence-electron chi connectivity index (χ2n) is 7.65. The van der Waals surface area contributed by atoms with E-state index in [0.29, 0.717) is 32.8 Å². The summed E-state index contributed by atoms with van der Waals surface area (Å²) in [6.07, 6.45) is 14.0. The average Bonchev–Trinajstić information content (AvgIpc) is 2.74. The van der Waals surface area contributed by atoms with Crippen molar-refractivity contribution in [1.29, 1.82) is 0 Å². The van der Waals surface area contributed by atoms with E-state index in [1.54, 1.807) is 0 Å². The molecule has 0 aliphatic rings. The summed E-state index contributed by atoms with van der Waals surface area (Å²) >= 11 is 0. The summed E-state index contributed by atoms with van der Waals surface area (Å²) in [6, 6.07) is 8.38. The molecule has 1 aromatic carbocycles. The molecule has 4 heteroatoms. The summed E-state index contributed by atoms with van der Waals surface area (Å²) in [6.45, 7) is 6.14. The molecule has 0 radical (unpaired) electrons. The fourth-order valence-electron chi connectivity index (χ4n) is 3.17. The molecule has 4 nitrogen and oxygen atoms in total. The third kappa shape index (κ3) is 15.0. The van der Waals surface area contributed by atoms with E-state index >= 15 is 0 Å². The zero-order valence-electron chi connectivity index (χ0n) is 18.8. The molecule has 0 saturated carbocycles. The molecule has 0 bridgehead atoms. The van der Waals surface area contributed by atoms with Gasteiger partial charge in [-0.25, -0.2) is 0 Å². The molecule has 0 saturated heterocycles. The smallest absolute Gasteiger partial charge is 0.305 e. The molecule has 0 aliphatic heterocycles. The first-order chi connectivity index (χ1) is 14.3. The normalized spacial score (nSPS) is 10.8. The summed E-state index contributed by atoms with van der Waals surface area (Å²) in [5.74, 6) is 0.751. The maximum atomic E-state index is 11.5. The topological polar surface area (TPSA) is 44.8 Å². The van der Waals surface area contributed by atoms with Crippen molar-refractivity contribution in [2.45, 2.75) is 90.9 Å². The van der Waals surface area contributed by atoms with Crippen molar-refractivity contribution in [1.82, 2.24) is 0 Å². The Kier molecular flexibility index (Phi) is 16.2. The zero-order valence-corrected chi connectivity index (χ0v) is 18.8. The Bertz CT molecular complexity index is 498. The molecule has 0 amide bonds. The van der Waals surface area contributed by atoms with E-state index in [9.17, 15) is 4.79 Å². The molecular weight excluding hydrogens is 364 g/mol. The summed E-state index contributed by atoms with van der Waals surface area (Å²) in [5.41, 5.74) is 1.38. The van der Waals surface area contributed by atoms with E-state index in [2.05, 4.69) is 26.0 Å². The number of benzene rings is 1. The Labute approximate surface area is 178 Å². The molecule has 0 heterocycles. The second-order valence-corrected chi connectivity index (χ2v) is 7.65. The van der Waals surface area contributed by atoms with Crippen molar-refractivity contribution in [3.63, 3.8) is 0 Å². The summed E-state index contributed by atoms with van der Waals surface area (Å²) in [5, 5.41) is 0. The van der Waals surface area contributed by atoms with Gasteiger partial charge in [0, 0.05) is 6.42 Å². The van der Waals surface area contributed by atoms with Crippen molar-refractivity contribution in [3.05, 3.63) is 29.8 Å². The van der Waals surface area contributed by atoms with E-state index in [4.69, 9.17) is 14.2 Å². The molecule has 166 valence electrons. The van der Waals surface area contributed by atoms with Gasteiger partial charge in [0.25, 0.3) is 0 Å². The lowest BCUT2D eigenvalue weighted by molar-refractivity contribution is -0.145. The van der Waals surface area contributed by atoms with E-state index in [1.165, 1.54) is 56.9 Å². The van der Waals surface area contributed by atoms with Crippen LogP contribution in [0.3, 0.4) is 0 Å². The van der Waals surface area contributed by atoms with Gasteiger partial charge in [-0.15, -0.1) is 0 Å². The Hall–Kier alpha value is -1.55. The molecule has 1 aromatic rings. The molecule has 0 atom stereocenters. The minimum absolute atomic E-state index is 0.123. The minimum atomic E-state index is -0.123. The Morgan fingerprint density at radius 2 is 1.34 bits per heavy atom. The number of unbranched alkanes of at least 4 members (excludes halogenated alkanes) is 8. The van der Waals surface area contributed by atoms with Crippen molar-refractivity contribution in [3.8, 4) is 5.75 Å². The highest BCUT2D eigenvalue weighted by Crippen LogP contribution is 2.15. The molecular formula is C25H42O4. The molecule has 1 rings (SSSR count). The highest BCUT2D eigenvalue weighted by atomic mass is 16.6. The van der Waals surface area contributed by atoms with E-state index < -0.39 is 0 Å². The third-order valence-corrected chi connectivity index (χ3v) is 4.96. The quantitative estimate of drug-likeness (QED) is 0.194. The van der Waals surface area contributed by atoms with Crippen LogP contribution >= 0.6 is 0 Å². The third-order valence-electron chi connectivity index (χ3n) is 4.96. The fourth-order valence-corrected chi connectivity index (χ4v) is 3.17.